The van der Waals surface area contributed by atoms with E-state index in [2.05, 4.69) is 10.3 Å². The first kappa shape index (κ1) is 16.8. The van der Waals surface area contributed by atoms with E-state index in [1.54, 1.807) is 6.07 Å². The van der Waals surface area contributed by atoms with Crippen LogP contribution in [0.1, 0.15) is 6.92 Å². The maximum absolute atomic E-state index is 12.5. The van der Waals surface area contributed by atoms with Crippen molar-refractivity contribution < 1.29 is 18.3 Å². The van der Waals surface area contributed by atoms with Crippen molar-refractivity contribution in [1.82, 2.24) is 9.29 Å². The molecule has 1 aromatic rings. The third kappa shape index (κ3) is 4.14. The molecule has 1 rings (SSSR count). The molecular weight excluding hydrogens is 282 g/mol. The highest BCUT2D eigenvalue weighted by atomic mass is 32.2. The highest BCUT2D eigenvalue weighted by molar-refractivity contribution is 7.89. The SMILES string of the molecule is CCNc1ccncc1S(=O)(=O)N(C)CC(O)COC. The number of ether oxygens (including phenoxy) is 1. The van der Waals surface area contributed by atoms with E-state index >= 15 is 0 Å². The van der Waals surface area contributed by atoms with Gasteiger partial charge in [-0.15, -0.1) is 0 Å². The van der Waals surface area contributed by atoms with Crippen molar-refractivity contribution in [3.8, 4) is 0 Å². The van der Waals surface area contributed by atoms with E-state index in [9.17, 15) is 13.5 Å². The Morgan fingerprint density at radius 3 is 2.85 bits per heavy atom. The van der Waals surface area contributed by atoms with E-state index in [1.807, 2.05) is 6.92 Å². The first-order valence-electron chi connectivity index (χ1n) is 6.24. The average Bonchev–Trinajstić information content (AvgIpc) is 2.39. The smallest absolute Gasteiger partial charge is 0.246 e. The number of sulfonamides is 1. The second kappa shape index (κ2) is 7.53. The average molecular weight is 303 g/mol. The van der Waals surface area contributed by atoms with Gasteiger partial charge in [0, 0.05) is 39.6 Å². The molecule has 2 N–H and O–H groups in total. The molecule has 0 aliphatic carbocycles. The van der Waals surface area contributed by atoms with Crippen molar-refractivity contribution in [2.75, 3.05) is 39.2 Å². The minimum atomic E-state index is -3.71. The molecule has 0 saturated heterocycles. The Balaban J connectivity index is 2.98. The number of rotatable bonds is 8. The highest BCUT2D eigenvalue weighted by Gasteiger charge is 2.25. The van der Waals surface area contributed by atoms with Gasteiger partial charge >= 0.3 is 0 Å². The summed E-state index contributed by atoms with van der Waals surface area (Å²) < 4.78 is 30.8. The Morgan fingerprint density at radius 1 is 1.55 bits per heavy atom. The van der Waals surface area contributed by atoms with Crippen LogP contribution in [0.4, 0.5) is 5.69 Å². The van der Waals surface area contributed by atoms with Crippen LogP contribution < -0.4 is 5.32 Å². The lowest BCUT2D eigenvalue weighted by atomic mass is 10.4. The molecule has 0 amide bonds. The third-order valence-electron chi connectivity index (χ3n) is 2.67. The van der Waals surface area contributed by atoms with Gasteiger partial charge in [-0.25, -0.2) is 8.42 Å². The molecule has 1 heterocycles. The van der Waals surface area contributed by atoms with Crippen LogP contribution in [-0.2, 0) is 14.8 Å². The molecule has 114 valence electrons. The van der Waals surface area contributed by atoms with E-state index in [0.29, 0.717) is 12.2 Å². The van der Waals surface area contributed by atoms with Gasteiger partial charge in [-0.05, 0) is 13.0 Å². The maximum atomic E-state index is 12.5. The largest absolute Gasteiger partial charge is 0.389 e. The van der Waals surface area contributed by atoms with Gasteiger partial charge in [-0.1, -0.05) is 0 Å². The molecule has 0 bridgehead atoms. The van der Waals surface area contributed by atoms with Gasteiger partial charge in [0.05, 0.1) is 18.4 Å². The Morgan fingerprint density at radius 2 is 2.25 bits per heavy atom. The summed E-state index contributed by atoms with van der Waals surface area (Å²) in [5.74, 6) is 0. The molecule has 0 spiro atoms. The molecule has 0 radical (unpaired) electrons. The molecule has 0 aromatic carbocycles. The molecule has 0 aliphatic rings. The molecule has 0 saturated carbocycles. The minimum Gasteiger partial charge on any atom is -0.389 e. The van der Waals surface area contributed by atoms with Crippen LogP contribution >= 0.6 is 0 Å². The molecule has 0 fully saturated rings. The molecule has 1 aromatic heterocycles. The van der Waals surface area contributed by atoms with Crippen LogP contribution in [0.3, 0.4) is 0 Å². The number of aliphatic hydroxyl groups is 1. The van der Waals surface area contributed by atoms with Crippen molar-refractivity contribution in [2.45, 2.75) is 17.9 Å². The molecule has 8 heteroatoms. The number of likely N-dealkylation sites (N-methyl/N-ethyl adjacent to an activating group) is 1. The summed E-state index contributed by atoms with van der Waals surface area (Å²) in [4.78, 5) is 3.95. The number of hydrogen-bond donors (Lipinski definition) is 2. The molecule has 7 nitrogen and oxygen atoms in total. The van der Waals surface area contributed by atoms with Crippen LogP contribution in [0.2, 0.25) is 0 Å². The first-order valence-corrected chi connectivity index (χ1v) is 7.68. The maximum Gasteiger partial charge on any atom is 0.246 e. The molecule has 0 aliphatic heterocycles. The fourth-order valence-electron chi connectivity index (χ4n) is 1.73. The standard InChI is InChI=1S/C12H21N3O4S/c1-4-14-11-5-6-13-7-12(11)20(17,18)15(2)8-10(16)9-19-3/h5-7,10,16H,4,8-9H2,1-3H3,(H,13,14). The monoisotopic (exact) mass is 303 g/mol. The number of nitrogens with one attached hydrogen (secondary N) is 1. The van der Waals surface area contributed by atoms with Crippen molar-refractivity contribution in [3.05, 3.63) is 18.5 Å². The Labute approximate surface area is 119 Å². The Kier molecular flexibility index (Phi) is 6.34. The quantitative estimate of drug-likeness (QED) is 0.710. The van der Waals surface area contributed by atoms with Crippen molar-refractivity contribution in [1.29, 1.82) is 0 Å². The number of anilines is 1. The van der Waals surface area contributed by atoms with Gasteiger partial charge < -0.3 is 15.2 Å². The van der Waals surface area contributed by atoms with Crippen LogP contribution in [0, 0.1) is 0 Å². The predicted molar refractivity (Wildman–Crippen MR) is 76.1 cm³/mol. The second-order valence-electron chi connectivity index (χ2n) is 4.30. The molecule has 1 unspecified atom stereocenters. The lowest BCUT2D eigenvalue weighted by molar-refractivity contribution is 0.0554. The number of nitrogens with zero attached hydrogens (tertiary/aromatic N) is 2. The lowest BCUT2D eigenvalue weighted by Gasteiger charge is -2.21. The topological polar surface area (TPSA) is 91.8 Å². The van der Waals surface area contributed by atoms with Crippen LogP contribution in [0.15, 0.2) is 23.4 Å². The molecular formula is C12H21N3O4S. The Hall–Kier alpha value is -1.22. The number of pyridine rings is 1. The zero-order chi connectivity index (χ0) is 15.2. The summed E-state index contributed by atoms with van der Waals surface area (Å²) in [5, 5.41) is 12.6. The fraction of sp³-hybridized carbons (Fsp3) is 0.583. The fourth-order valence-corrected chi connectivity index (χ4v) is 3.05. The van der Waals surface area contributed by atoms with E-state index in [0.717, 1.165) is 4.31 Å². The van der Waals surface area contributed by atoms with Crippen molar-refractivity contribution in [2.24, 2.45) is 0 Å². The van der Waals surface area contributed by atoms with Crippen LogP contribution in [0.25, 0.3) is 0 Å². The zero-order valence-electron chi connectivity index (χ0n) is 11.9. The summed E-state index contributed by atoms with van der Waals surface area (Å²) in [6, 6.07) is 1.61. The summed E-state index contributed by atoms with van der Waals surface area (Å²) in [5.41, 5.74) is 0.496. The van der Waals surface area contributed by atoms with E-state index in [-0.39, 0.29) is 18.0 Å². The predicted octanol–water partition coefficient (Wildman–Crippen LogP) is 0.141. The zero-order valence-corrected chi connectivity index (χ0v) is 12.7. The lowest BCUT2D eigenvalue weighted by Crippen LogP contribution is -2.36. The number of aliphatic hydroxyl groups excluding tert-OH is 1. The summed E-state index contributed by atoms with van der Waals surface area (Å²) >= 11 is 0. The Bertz CT molecular complexity index is 521. The molecule has 20 heavy (non-hydrogen) atoms. The van der Waals surface area contributed by atoms with E-state index in [4.69, 9.17) is 4.74 Å². The van der Waals surface area contributed by atoms with E-state index in [1.165, 1.54) is 26.6 Å². The summed E-state index contributed by atoms with van der Waals surface area (Å²) in [6.07, 6.45) is 1.95. The van der Waals surface area contributed by atoms with Crippen molar-refractivity contribution >= 4 is 15.7 Å². The van der Waals surface area contributed by atoms with Gasteiger partial charge in [0.2, 0.25) is 10.0 Å². The van der Waals surface area contributed by atoms with Gasteiger partial charge in [-0.2, -0.15) is 4.31 Å². The summed E-state index contributed by atoms with van der Waals surface area (Å²) in [7, 11) is -0.852. The highest BCUT2D eigenvalue weighted by Crippen LogP contribution is 2.22. The van der Waals surface area contributed by atoms with Crippen LogP contribution in [-0.4, -0.2) is 62.8 Å². The number of aromatic nitrogens is 1. The van der Waals surface area contributed by atoms with Gasteiger partial charge in [-0.3, -0.25) is 4.98 Å². The van der Waals surface area contributed by atoms with Gasteiger partial charge in [0.15, 0.2) is 0 Å². The third-order valence-corrected chi connectivity index (χ3v) is 4.52. The normalized spacial score (nSPS) is 13.4. The molecule has 1 atom stereocenters. The minimum absolute atomic E-state index is 0.0450. The number of methoxy groups -OCH3 is 1. The van der Waals surface area contributed by atoms with Crippen molar-refractivity contribution in [3.63, 3.8) is 0 Å². The summed E-state index contributed by atoms with van der Waals surface area (Å²) in [6.45, 7) is 2.51. The first-order chi connectivity index (χ1) is 9.43. The van der Waals surface area contributed by atoms with E-state index < -0.39 is 16.1 Å². The van der Waals surface area contributed by atoms with Gasteiger partial charge in [0.25, 0.3) is 0 Å². The number of hydrogen-bond acceptors (Lipinski definition) is 6. The van der Waals surface area contributed by atoms with Crippen LogP contribution in [0.5, 0.6) is 0 Å². The van der Waals surface area contributed by atoms with Gasteiger partial charge in [0.1, 0.15) is 4.90 Å². The second-order valence-corrected chi connectivity index (χ2v) is 6.31.